The molecule has 0 saturated carbocycles. The highest BCUT2D eigenvalue weighted by molar-refractivity contribution is 5.85. The maximum atomic E-state index is 5.98. The van der Waals surface area contributed by atoms with Crippen LogP contribution in [-0.4, -0.2) is 20.3 Å². The number of fused-ring (bicyclic) bond motifs is 1. The molecule has 0 saturated heterocycles. The van der Waals surface area contributed by atoms with Gasteiger partial charge in [0.1, 0.15) is 0 Å². The van der Waals surface area contributed by atoms with E-state index in [1.807, 2.05) is 0 Å². The first-order chi connectivity index (χ1) is 13.5. The summed E-state index contributed by atoms with van der Waals surface area (Å²) in [6.45, 7) is 10.0. The Bertz CT molecular complexity index is 903. The Hall–Kier alpha value is -2.58. The molecule has 2 heteroatoms. The number of hydrogen-bond donors (Lipinski definition) is 0. The zero-order valence-corrected chi connectivity index (χ0v) is 17.7. The lowest BCUT2D eigenvalue weighted by Gasteiger charge is -2.29. The predicted molar refractivity (Wildman–Crippen MR) is 121 cm³/mol. The molecular formula is C26H31NO. The zero-order valence-electron chi connectivity index (χ0n) is 17.7. The Morgan fingerprint density at radius 1 is 1.04 bits per heavy atom. The first kappa shape index (κ1) is 20.2. The molecule has 1 heterocycles. The summed E-state index contributed by atoms with van der Waals surface area (Å²) in [5.41, 5.74) is 7.52. The smallest absolute Gasteiger partial charge is 0.0740 e. The maximum absolute atomic E-state index is 5.98. The molecule has 2 aromatic rings. The van der Waals surface area contributed by atoms with Crippen LogP contribution >= 0.6 is 0 Å². The van der Waals surface area contributed by atoms with Crippen molar-refractivity contribution in [2.75, 3.05) is 25.2 Å². The maximum Gasteiger partial charge on any atom is 0.0740 e. The van der Waals surface area contributed by atoms with Crippen molar-refractivity contribution in [1.29, 1.82) is 0 Å². The second-order valence-electron chi connectivity index (χ2n) is 7.64. The summed E-state index contributed by atoms with van der Waals surface area (Å²) in [6, 6.07) is 19.3. The first-order valence-corrected chi connectivity index (χ1v) is 10.1. The van der Waals surface area contributed by atoms with Gasteiger partial charge in [0.2, 0.25) is 0 Å². The molecule has 0 unspecified atom stereocenters. The summed E-state index contributed by atoms with van der Waals surface area (Å²) in [5, 5.41) is 0. The highest BCUT2D eigenvalue weighted by Crippen LogP contribution is 2.49. The van der Waals surface area contributed by atoms with Crippen LogP contribution in [0.5, 0.6) is 0 Å². The van der Waals surface area contributed by atoms with Crippen LogP contribution in [0.15, 0.2) is 84.1 Å². The van der Waals surface area contributed by atoms with Crippen LogP contribution < -0.4 is 4.90 Å². The SMILES string of the molecule is C/C=C/C=C(/C(COCC)=C1\N(C)c2ccccc2C1(C)C)c1ccccc1. The Morgan fingerprint density at radius 3 is 2.36 bits per heavy atom. The average molecular weight is 374 g/mol. The number of para-hydroxylation sites is 1. The Kier molecular flexibility index (Phi) is 6.21. The number of ether oxygens (including phenoxy) is 1. The van der Waals surface area contributed by atoms with E-state index in [2.05, 4.69) is 112 Å². The van der Waals surface area contributed by atoms with Crippen molar-refractivity contribution in [3.05, 3.63) is 95.2 Å². The molecule has 0 spiro atoms. The molecule has 2 aromatic carbocycles. The molecule has 0 fully saturated rings. The molecule has 3 rings (SSSR count). The third-order valence-corrected chi connectivity index (χ3v) is 5.47. The van der Waals surface area contributed by atoms with E-state index in [1.165, 1.54) is 33.7 Å². The zero-order chi connectivity index (χ0) is 20.1. The molecule has 0 atom stereocenters. The van der Waals surface area contributed by atoms with Gasteiger partial charge in [0.05, 0.1) is 6.61 Å². The second kappa shape index (κ2) is 8.62. The Labute approximate surface area is 169 Å². The minimum Gasteiger partial charge on any atom is -0.377 e. The van der Waals surface area contributed by atoms with Crippen LogP contribution in [0.2, 0.25) is 0 Å². The fourth-order valence-electron chi connectivity index (χ4n) is 4.20. The highest BCUT2D eigenvalue weighted by atomic mass is 16.5. The van der Waals surface area contributed by atoms with Gasteiger partial charge in [-0.25, -0.2) is 0 Å². The Morgan fingerprint density at radius 2 is 1.71 bits per heavy atom. The summed E-state index contributed by atoms with van der Waals surface area (Å²) in [6.07, 6.45) is 6.40. The summed E-state index contributed by atoms with van der Waals surface area (Å²) in [7, 11) is 2.17. The van der Waals surface area contributed by atoms with Crippen LogP contribution in [0.1, 0.15) is 38.8 Å². The van der Waals surface area contributed by atoms with Crippen LogP contribution in [0, 0.1) is 0 Å². The van der Waals surface area contributed by atoms with E-state index >= 15 is 0 Å². The molecule has 1 aliphatic heterocycles. The molecule has 1 aliphatic rings. The molecule has 0 amide bonds. The van der Waals surface area contributed by atoms with Gasteiger partial charge in [-0.05, 0) is 36.6 Å². The minimum atomic E-state index is -0.0957. The first-order valence-electron chi connectivity index (χ1n) is 10.1. The van der Waals surface area contributed by atoms with E-state index in [1.54, 1.807) is 0 Å². The summed E-state index contributed by atoms with van der Waals surface area (Å²) < 4.78 is 5.98. The van der Waals surface area contributed by atoms with Crippen molar-refractivity contribution in [3.8, 4) is 0 Å². The Balaban J connectivity index is 2.27. The van der Waals surface area contributed by atoms with Crippen molar-refractivity contribution >= 4 is 11.3 Å². The van der Waals surface area contributed by atoms with Crippen LogP contribution in [0.25, 0.3) is 5.57 Å². The van der Waals surface area contributed by atoms with Gasteiger partial charge in [0.25, 0.3) is 0 Å². The number of likely N-dealkylation sites (N-methyl/N-ethyl adjacent to an activating group) is 1. The molecule has 2 nitrogen and oxygen atoms in total. The molecule has 28 heavy (non-hydrogen) atoms. The minimum absolute atomic E-state index is 0.0957. The third kappa shape index (κ3) is 3.70. The standard InChI is InChI=1S/C26H31NO/c1-6-8-16-21(20-14-10-9-11-15-20)22(19-28-7-2)25-26(3,4)23-17-12-13-18-24(23)27(25)5/h6,8-18H,7,19H2,1-5H3/b8-6+,21-16+,25-22-. The monoisotopic (exact) mass is 373 g/mol. The largest absolute Gasteiger partial charge is 0.377 e. The normalized spacial score (nSPS) is 17.9. The van der Waals surface area contributed by atoms with Crippen molar-refractivity contribution in [1.82, 2.24) is 0 Å². The highest BCUT2D eigenvalue weighted by Gasteiger charge is 2.40. The van der Waals surface area contributed by atoms with Crippen molar-refractivity contribution in [2.45, 2.75) is 33.1 Å². The second-order valence-corrected chi connectivity index (χ2v) is 7.64. The fraction of sp³-hybridized carbons (Fsp3) is 0.308. The van der Waals surface area contributed by atoms with Crippen LogP contribution in [-0.2, 0) is 10.2 Å². The number of anilines is 1. The molecule has 0 radical (unpaired) electrons. The average Bonchev–Trinajstić information content (AvgIpc) is 2.91. The summed E-state index contributed by atoms with van der Waals surface area (Å²) in [5.74, 6) is 0. The van der Waals surface area contributed by atoms with E-state index in [0.717, 1.165) is 0 Å². The van der Waals surface area contributed by atoms with Gasteiger partial charge < -0.3 is 9.64 Å². The lowest BCUT2D eigenvalue weighted by atomic mass is 9.80. The lowest BCUT2D eigenvalue weighted by Crippen LogP contribution is -2.26. The van der Waals surface area contributed by atoms with Crippen LogP contribution in [0.4, 0.5) is 5.69 Å². The van der Waals surface area contributed by atoms with Gasteiger partial charge >= 0.3 is 0 Å². The van der Waals surface area contributed by atoms with E-state index in [9.17, 15) is 0 Å². The predicted octanol–water partition coefficient (Wildman–Crippen LogP) is 6.36. The van der Waals surface area contributed by atoms with E-state index < -0.39 is 0 Å². The number of hydrogen-bond acceptors (Lipinski definition) is 2. The van der Waals surface area contributed by atoms with E-state index in [0.29, 0.717) is 13.2 Å². The van der Waals surface area contributed by atoms with Gasteiger partial charge in [-0.1, -0.05) is 80.6 Å². The number of allylic oxidation sites excluding steroid dienone is 4. The van der Waals surface area contributed by atoms with Crippen molar-refractivity contribution in [2.24, 2.45) is 0 Å². The van der Waals surface area contributed by atoms with Gasteiger partial charge in [-0.15, -0.1) is 0 Å². The molecule has 0 aliphatic carbocycles. The number of nitrogens with zero attached hydrogens (tertiary/aromatic N) is 1. The van der Waals surface area contributed by atoms with Gasteiger partial charge in [-0.3, -0.25) is 0 Å². The van der Waals surface area contributed by atoms with Crippen molar-refractivity contribution in [3.63, 3.8) is 0 Å². The van der Waals surface area contributed by atoms with Gasteiger partial charge in [-0.2, -0.15) is 0 Å². The van der Waals surface area contributed by atoms with Gasteiger partial charge in [0, 0.05) is 36.0 Å². The topological polar surface area (TPSA) is 12.5 Å². The third-order valence-electron chi connectivity index (χ3n) is 5.47. The summed E-state index contributed by atoms with van der Waals surface area (Å²) in [4.78, 5) is 2.34. The van der Waals surface area contributed by atoms with Gasteiger partial charge in [0.15, 0.2) is 0 Å². The summed E-state index contributed by atoms with van der Waals surface area (Å²) >= 11 is 0. The van der Waals surface area contributed by atoms with E-state index in [4.69, 9.17) is 4.74 Å². The lowest BCUT2D eigenvalue weighted by molar-refractivity contribution is 0.172. The molecule has 0 aromatic heterocycles. The molecule has 0 bridgehead atoms. The number of benzene rings is 2. The number of rotatable bonds is 6. The quantitative estimate of drug-likeness (QED) is 0.546. The molecule has 146 valence electrons. The van der Waals surface area contributed by atoms with E-state index in [-0.39, 0.29) is 5.41 Å². The molecular weight excluding hydrogens is 342 g/mol. The molecule has 0 N–H and O–H groups in total. The van der Waals surface area contributed by atoms with Crippen LogP contribution in [0.3, 0.4) is 0 Å². The fourth-order valence-corrected chi connectivity index (χ4v) is 4.20. The van der Waals surface area contributed by atoms with Crippen molar-refractivity contribution < 1.29 is 4.74 Å².